The fraction of sp³-hybridized carbons (Fsp3) is 0.400. The van der Waals surface area contributed by atoms with Crippen LogP contribution in [0, 0.1) is 5.92 Å². The number of likely N-dealkylation sites (N-methyl/N-ethyl adjacent to an activating group) is 1. The van der Waals surface area contributed by atoms with Crippen LogP contribution < -0.4 is 4.90 Å². The highest BCUT2D eigenvalue weighted by molar-refractivity contribution is 6.02. The topological polar surface area (TPSA) is 38.1 Å². The zero-order valence-electron chi connectivity index (χ0n) is 15.1. The van der Waals surface area contributed by atoms with Gasteiger partial charge in [0.2, 0.25) is 11.8 Å². The second-order valence-electron chi connectivity index (χ2n) is 6.91. The molecule has 0 bridgehead atoms. The number of halogens is 2. The van der Waals surface area contributed by atoms with Crippen molar-refractivity contribution < 1.29 is 13.6 Å². The van der Waals surface area contributed by atoms with Gasteiger partial charge in [-0.2, -0.15) is 0 Å². The van der Waals surface area contributed by atoms with Crippen molar-refractivity contribution in [1.29, 1.82) is 0 Å². The van der Waals surface area contributed by atoms with Gasteiger partial charge in [0.05, 0.1) is 11.9 Å². The van der Waals surface area contributed by atoms with Gasteiger partial charge in [0.25, 0.3) is 0 Å². The highest BCUT2D eigenvalue weighted by atomic mass is 19.3. The maximum atomic E-state index is 13.3. The fourth-order valence-electron chi connectivity index (χ4n) is 3.35. The van der Waals surface area contributed by atoms with Crippen LogP contribution in [0.2, 0.25) is 0 Å². The number of hydrogen-bond donors (Lipinski definition) is 0. The van der Waals surface area contributed by atoms with E-state index in [4.69, 9.17) is 0 Å². The summed E-state index contributed by atoms with van der Waals surface area (Å²) in [5.41, 5.74) is 2.46. The van der Waals surface area contributed by atoms with Crippen LogP contribution >= 0.6 is 0 Å². The number of anilines is 1. The van der Waals surface area contributed by atoms with Crippen LogP contribution in [0.3, 0.4) is 0 Å². The molecule has 1 aliphatic carbocycles. The Hall–Kier alpha value is -2.50. The molecule has 2 aromatic rings. The molecule has 2 heterocycles. The maximum Gasteiger partial charge on any atom is 0.250 e. The van der Waals surface area contributed by atoms with Gasteiger partial charge in [-0.3, -0.25) is 4.79 Å². The maximum absolute atomic E-state index is 13.3. The normalized spacial score (nSPS) is 17.7. The summed E-state index contributed by atoms with van der Waals surface area (Å²) in [4.78, 5) is 17.8. The minimum atomic E-state index is -2.51. The molecule has 0 spiro atoms. The van der Waals surface area contributed by atoms with Crippen LogP contribution in [-0.2, 0) is 11.8 Å². The quantitative estimate of drug-likeness (QED) is 0.751. The molecular formula is C20H23F2N3O. The van der Waals surface area contributed by atoms with Gasteiger partial charge < -0.3 is 9.47 Å². The van der Waals surface area contributed by atoms with Gasteiger partial charge in [0.15, 0.2) is 0 Å². The smallest absolute Gasteiger partial charge is 0.250 e. The van der Waals surface area contributed by atoms with E-state index in [9.17, 15) is 13.6 Å². The van der Waals surface area contributed by atoms with Crippen LogP contribution in [0.1, 0.15) is 31.2 Å². The molecule has 138 valence electrons. The number of carbonyl (C=O) groups excluding carboxylic acids is 1. The van der Waals surface area contributed by atoms with Gasteiger partial charge in [-0.25, -0.2) is 13.8 Å². The third-order valence-electron chi connectivity index (χ3n) is 5.03. The number of aromatic nitrogens is 2. The average molecular weight is 359 g/mol. The number of pyridine rings is 1. The molecule has 6 heteroatoms. The number of hydrogen-bond acceptors (Lipinski definition) is 2. The zero-order valence-corrected chi connectivity index (χ0v) is 15.1. The molecule has 1 aliphatic rings. The Morgan fingerprint density at radius 3 is 2.77 bits per heavy atom. The van der Waals surface area contributed by atoms with Gasteiger partial charge in [0, 0.05) is 44.1 Å². The standard InChI is InChI=1S/C20H23F2N3O/c1-4-18(26)25(3)16-11-17-15(13-24(2)19(17)23-12-16)6-5-14-7-9-20(21,22)10-8-14/h4-6,11-14H,1,7-10H2,2-3H3/b6-5+. The third-order valence-corrected chi connectivity index (χ3v) is 5.03. The lowest BCUT2D eigenvalue weighted by atomic mass is 9.86. The molecule has 3 rings (SSSR count). The summed E-state index contributed by atoms with van der Waals surface area (Å²) >= 11 is 0. The molecule has 0 saturated heterocycles. The number of nitrogens with zero attached hydrogens (tertiary/aromatic N) is 3. The first-order chi connectivity index (χ1) is 12.3. The minimum Gasteiger partial charge on any atom is -0.335 e. The van der Waals surface area contributed by atoms with E-state index in [-0.39, 0.29) is 24.7 Å². The van der Waals surface area contributed by atoms with Crippen molar-refractivity contribution in [3.05, 3.63) is 42.8 Å². The molecular weight excluding hydrogens is 336 g/mol. The lowest BCUT2D eigenvalue weighted by Crippen LogP contribution is -2.23. The van der Waals surface area contributed by atoms with E-state index in [1.165, 1.54) is 11.0 Å². The molecule has 0 aromatic carbocycles. The first kappa shape index (κ1) is 18.3. The van der Waals surface area contributed by atoms with Crippen molar-refractivity contribution in [2.45, 2.75) is 31.6 Å². The van der Waals surface area contributed by atoms with Crippen molar-refractivity contribution in [1.82, 2.24) is 9.55 Å². The molecule has 1 fully saturated rings. The highest BCUT2D eigenvalue weighted by Crippen LogP contribution is 2.37. The lowest BCUT2D eigenvalue weighted by Gasteiger charge is -2.26. The molecule has 1 amide bonds. The van der Waals surface area contributed by atoms with E-state index in [1.807, 2.05) is 36.0 Å². The Balaban J connectivity index is 1.87. The molecule has 2 aromatic heterocycles. The van der Waals surface area contributed by atoms with Crippen molar-refractivity contribution >= 4 is 28.7 Å². The van der Waals surface area contributed by atoms with Gasteiger partial charge in [-0.1, -0.05) is 18.7 Å². The first-order valence-corrected chi connectivity index (χ1v) is 8.72. The van der Waals surface area contributed by atoms with E-state index in [0.29, 0.717) is 18.5 Å². The van der Waals surface area contributed by atoms with Crippen molar-refractivity contribution in [2.75, 3.05) is 11.9 Å². The van der Waals surface area contributed by atoms with Crippen LogP contribution in [-0.4, -0.2) is 28.4 Å². The Morgan fingerprint density at radius 1 is 1.42 bits per heavy atom. The van der Waals surface area contributed by atoms with Crippen LogP contribution in [0.15, 0.2) is 37.2 Å². The van der Waals surface area contributed by atoms with E-state index < -0.39 is 5.92 Å². The van der Waals surface area contributed by atoms with Crippen molar-refractivity contribution in [3.63, 3.8) is 0 Å². The number of allylic oxidation sites excluding steroid dienone is 1. The third kappa shape index (κ3) is 3.69. The number of fused-ring (bicyclic) bond motifs is 1. The Bertz CT molecular complexity index is 859. The summed E-state index contributed by atoms with van der Waals surface area (Å²) in [7, 11) is 3.58. The predicted octanol–water partition coefficient (Wildman–Crippen LogP) is 4.56. The average Bonchev–Trinajstić information content (AvgIpc) is 2.95. The number of rotatable bonds is 4. The highest BCUT2D eigenvalue weighted by Gasteiger charge is 2.33. The SMILES string of the molecule is C=CC(=O)N(C)c1cnc2c(c1)c(/C=C/C1CCC(F)(F)CC1)cn2C. The first-order valence-electron chi connectivity index (χ1n) is 8.72. The van der Waals surface area contributed by atoms with Crippen molar-refractivity contribution in [3.8, 4) is 0 Å². The largest absolute Gasteiger partial charge is 0.335 e. The molecule has 0 atom stereocenters. The summed E-state index contributed by atoms with van der Waals surface area (Å²) in [6.45, 7) is 3.50. The monoisotopic (exact) mass is 359 g/mol. The summed E-state index contributed by atoms with van der Waals surface area (Å²) < 4.78 is 28.5. The van der Waals surface area contributed by atoms with E-state index in [0.717, 1.165) is 16.6 Å². The van der Waals surface area contributed by atoms with E-state index in [2.05, 4.69) is 11.6 Å². The second kappa shape index (κ2) is 7.02. The van der Waals surface area contributed by atoms with Gasteiger partial charge in [-0.15, -0.1) is 0 Å². The van der Waals surface area contributed by atoms with Gasteiger partial charge in [-0.05, 0) is 30.9 Å². The van der Waals surface area contributed by atoms with Gasteiger partial charge in [0.1, 0.15) is 5.65 Å². The Morgan fingerprint density at radius 2 is 2.12 bits per heavy atom. The van der Waals surface area contributed by atoms with Crippen LogP contribution in [0.5, 0.6) is 0 Å². The molecule has 4 nitrogen and oxygen atoms in total. The molecule has 0 unspecified atom stereocenters. The minimum absolute atomic E-state index is 0.0439. The van der Waals surface area contributed by atoms with Gasteiger partial charge >= 0.3 is 0 Å². The summed E-state index contributed by atoms with van der Waals surface area (Å²) in [6, 6.07) is 1.92. The van der Waals surface area contributed by atoms with E-state index >= 15 is 0 Å². The second-order valence-corrected chi connectivity index (χ2v) is 6.91. The number of aryl methyl sites for hydroxylation is 1. The zero-order chi connectivity index (χ0) is 18.9. The summed E-state index contributed by atoms with van der Waals surface area (Å²) in [6.07, 6.45) is 9.81. The molecule has 0 radical (unpaired) electrons. The molecule has 0 aliphatic heterocycles. The predicted molar refractivity (Wildman–Crippen MR) is 100 cm³/mol. The molecule has 26 heavy (non-hydrogen) atoms. The Labute approximate surface area is 151 Å². The van der Waals surface area contributed by atoms with E-state index in [1.54, 1.807) is 13.2 Å². The Kier molecular flexibility index (Phi) is 4.94. The molecule has 0 N–H and O–H groups in total. The molecule has 1 saturated carbocycles. The number of carbonyl (C=O) groups is 1. The summed E-state index contributed by atoms with van der Waals surface area (Å²) in [5, 5.41) is 0.922. The van der Waals surface area contributed by atoms with Crippen molar-refractivity contribution in [2.24, 2.45) is 13.0 Å². The number of amides is 1. The fourth-order valence-corrected chi connectivity index (χ4v) is 3.35. The number of alkyl halides is 2. The summed E-state index contributed by atoms with van der Waals surface area (Å²) in [5.74, 6) is -2.54. The van der Waals surface area contributed by atoms with Crippen LogP contribution in [0.4, 0.5) is 14.5 Å². The van der Waals surface area contributed by atoms with Crippen LogP contribution in [0.25, 0.3) is 17.1 Å². The lowest BCUT2D eigenvalue weighted by molar-refractivity contribution is -0.113.